The highest BCUT2D eigenvalue weighted by Gasteiger charge is 2.22. The summed E-state index contributed by atoms with van der Waals surface area (Å²) in [4.78, 5) is 29.9. The van der Waals surface area contributed by atoms with Crippen molar-refractivity contribution in [3.05, 3.63) is 47.0 Å². The number of carbonyl (C=O) groups is 2. The first-order chi connectivity index (χ1) is 13.7. The molecule has 2 amide bonds. The lowest BCUT2D eigenvalue weighted by Gasteiger charge is -2.19. The second-order valence-electron chi connectivity index (χ2n) is 6.89. The quantitative estimate of drug-likeness (QED) is 0.658. The predicted octanol–water partition coefficient (Wildman–Crippen LogP) is 3.38. The zero-order valence-corrected chi connectivity index (χ0v) is 16.5. The van der Waals surface area contributed by atoms with Crippen LogP contribution < -0.4 is 16.4 Å². The number of thiazole rings is 1. The van der Waals surface area contributed by atoms with E-state index >= 15 is 0 Å². The fourth-order valence-corrected chi connectivity index (χ4v) is 4.24. The zero-order chi connectivity index (χ0) is 19.8. The van der Waals surface area contributed by atoms with Crippen molar-refractivity contribution in [1.29, 1.82) is 0 Å². The molecule has 0 bridgehead atoms. The number of anilines is 1. The van der Waals surface area contributed by atoms with Crippen molar-refractivity contribution in [2.75, 3.05) is 11.9 Å². The second kappa shape index (κ2) is 10.2. The molecule has 0 spiro atoms. The molecule has 150 valence electrons. The summed E-state index contributed by atoms with van der Waals surface area (Å²) in [5.41, 5.74) is 6.52. The Labute approximate surface area is 168 Å². The van der Waals surface area contributed by atoms with Crippen LogP contribution in [0.5, 0.6) is 0 Å². The van der Waals surface area contributed by atoms with Crippen LogP contribution in [0.1, 0.15) is 48.5 Å². The molecule has 0 unspecified atom stereocenters. The number of aromatic nitrogens is 1. The molecular formula is C20H26N4O3S. The van der Waals surface area contributed by atoms with Gasteiger partial charge < -0.3 is 21.1 Å². The average molecular weight is 403 g/mol. The molecule has 0 saturated heterocycles. The molecule has 28 heavy (non-hydrogen) atoms. The summed E-state index contributed by atoms with van der Waals surface area (Å²) in [5, 5.41) is 5.79. The van der Waals surface area contributed by atoms with Crippen molar-refractivity contribution in [1.82, 2.24) is 10.3 Å². The number of nitrogens with one attached hydrogen (secondary N) is 2. The zero-order valence-electron chi connectivity index (χ0n) is 15.7. The number of ether oxygens (including phenoxy) is 1. The lowest BCUT2D eigenvalue weighted by molar-refractivity contribution is -0.117. The van der Waals surface area contributed by atoms with E-state index < -0.39 is 18.0 Å². The molecule has 7 nitrogen and oxygen atoms in total. The summed E-state index contributed by atoms with van der Waals surface area (Å²) < 4.78 is 5.15. The minimum atomic E-state index is -0.884. The first-order valence-corrected chi connectivity index (χ1v) is 10.4. The Morgan fingerprint density at radius 1 is 1.21 bits per heavy atom. The Hall–Kier alpha value is -2.45. The fourth-order valence-electron chi connectivity index (χ4n) is 3.25. The third-order valence-electron chi connectivity index (χ3n) is 4.82. The van der Waals surface area contributed by atoms with Crippen LogP contribution >= 0.6 is 11.3 Å². The lowest BCUT2D eigenvalue weighted by Crippen LogP contribution is -2.48. The van der Waals surface area contributed by atoms with Crippen LogP contribution in [-0.4, -0.2) is 29.6 Å². The van der Waals surface area contributed by atoms with Gasteiger partial charge in [0.05, 0.1) is 0 Å². The largest absolute Gasteiger partial charge is 0.445 e. The van der Waals surface area contributed by atoms with E-state index in [2.05, 4.69) is 15.6 Å². The second-order valence-corrected chi connectivity index (χ2v) is 7.95. The van der Waals surface area contributed by atoms with Gasteiger partial charge in [-0.2, -0.15) is 0 Å². The summed E-state index contributed by atoms with van der Waals surface area (Å²) in [6.45, 7) is 0.0932. The van der Waals surface area contributed by atoms with Crippen molar-refractivity contribution in [2.24, 2.45) is 5.73 Å². The molecule has 8 heteroatoms. The molecule has 1 aromatic heterocycles. The van der Waals surface area contributed by atoms with Crippen LogP contribution in [0.15, 0.2) is 36.5 Å². The molecule has 1 fully saturated rings. The summed E-state index contributed by atoms with van der Waals surface area (Å²) >= 11 is 1.49. The van der Waals surface area contributed by atoms with Gasteiger partial charge in [0.15, 0.2) is 5.13 Å². The first-order valence-electron chi connectivity index (χ1n) is 9.59. The number of benzene rings is 1. The molecule has 1 atom stereocenters. The maximum atomic E-state index is 12.4. The third-order valence-corrected chi connectivity index (χ3v) is 5.89. The molecule has 1 saturated carbocycles. The smallest absolute Gasteiger partial charge is 0.408 e. The molecule has 2 aromatic rings. The van der Waals surface area contributed by atoms with Gasteiger partial charge in [-0.1, -0.05) is 49.6 Å². The number of alkyl carbamates (subject to hydrolysis) is 1. The Balaban J connectivity index is 1.49. The average Bonchev–Trinajstić information content (AvgIpc) is 3.20. The van der Waals surface area contributed by atoms with E-state index in [9.17, 15) is 9.59 Å². The van der Waals surface area contributed by atoms with Gasteiger partial charge in [0.25, 0.3) is 0 Å². The van der Waals surface area contributed by atoms with Crippen molar-refractivity contribution < 1.29 is 14.3 Å². The minimum absolute atomic E-state index is 0.0346. The van der Waals surface area contributed by atoms with Crippen molar-refractivity contribution in [3.63, 3.8) is 0 Å². The Bertz CT molecular complexity index is 775. The first kappa shape index (κ1) is 20.3. The van der Waals surface area contributed by atoms with Gasteiger partial charge in [-0.05, 0) is 24.3 Å². The number of amides is 2. The van der Waals surface area contributed by atoms with Crippen LogP contribution in [-0.2, 0) is 16.1 Å². The maximum absolute atomic E-state index is 12.4. The van der Waals surface area contributed by atoms with E-state index in [-0.39, 0.29) is 13.2 Å². The monoisotopic (exact) mass is 402 g/mol. The van der Waals surface area contributed by atoms with Crippen LogP contribution in [0.4, 0.5) is 9.93 Å². The van der Waals surface area contributed by atoms with E-state index in [4.69, 9.17) is 10.5 Å². The molecule has 1 heterocycles. The van der Waals surface area contributed by atoms with Crippen molar-refractivity contribution in [2.45, 2.75) is 50.7 Å². The fraction of sp³-hybridized carbons (Fsp3) is 0.450. The highest BCUT2D eigenvalue weighted by molar-refractivity contribution is 7.15. The SMILES string of the molecule is NC[C@@H](NC(=O)OCc1ccccc1)C(=O)Nc1ncc(C2CCCCC2)s1. The topological polar surface area (TPSA) is 106 Å². The number of nitrogens with two attached hydrogens (primary N) is 1. The molecule has 0 aliphatic heterocycles. The molecular weight excluding hydrogens is 376 g/mol. The number of rotatable bonds is 7. The van der Waals surface area contributed by atoms with Gasteiger partial charge in [0.2, 0.25) is 5.91 Å². The van der Waals surface area contributed by atoms with E-state index in [1.54, 1.807) is 0 Å². The molecule has 1 aliphatic carbocycles. The van der Waals surface area contributed by atoms with Gasteiger partial charge in [0.1, 0.15) is 12.6 Å². The van der Waals surface area contributed by atoms with E-state index in [0.717, 1.165) is 5.56 Å². The van der Waals surface area contributed by atoms with E-state index in [1.807, 2.05) is 36.5 Å². The van der Waals surface area contributed by atoms with E-state index in [0.29, 0.717) is 11.0 Å². The Morgan fingerprint density at radius 3 is 2.68 bits per heavy atom. The normalized spacial score (nSPS) is 15.6. The number of nitrogens with zero attached hydrogens (tertiary/aromatic N) is 1. The molecule has 0 radical (unpaired) electrons. The Kier molecular flexibility index (Phi) is 7.39. The van der Waals surface area contributed by atoms with Crippen LogP contribution in [0, 0.1) is 0 Å². The molecule has 3 rings (SSSR count). The Morgan fingerprint density at radius 2 is 1.96 bits per heavy atom. The molecule has 4 N–H and O–H groups in total. The van der Waals surface area contributed by atoms with Crippen molar-refractivity contribution in [3.8, 4) is 0 Å². The third kappa shape index (κ3) is 5.77. The van der Waals surface area contributed by atoms with Crippen LogP contribution in [0.2, 0.25) is 0 Å². The van der Waals surface area contributed by atoms with Crippen LogP contribution in [0.25, 0.3) is 0 Å². The molecule has 1 aliphatic rings. The number of hydrogen-bond donors (Lipinski definition) is 3. The van der Waals surface area contributed by atoms with Gasteiger partial charge in [-0.15, -0.1) is 11.3 Å². The van der Waals surface area contributed by atoms with Gasteiger partial charge in [-0.3, -0.25) is 4.79 Å². The van der Waals surface area contributed by atoms with E-state index in [1.165, 1.54) is 48.3 Å². The van der Waals surface area contributed by atoms with Gasteiger partial charge >= 0.3 is 6.09 Å². The maximum Gasteiger partial charge on any atom is 0.408 e. The van der Waals surface area contributed by atoms with Crippen LogP contribution in [0.3, 0.4) is 0 Å². The summed E-state index contributed by atoms with van der Waals surface area (Å²) in [6, 6.07) is 8.44. The highest BCUT2D eigenvalue weighted by atomic mass is 32.1. The predicted molar refractivity (Wildman–Crippen MR) is 109 cm³/mol. The summed E-state index contributed by atoms with van der Waals surface area (Å²) in [7, 11) is 0. The number of carbonyl (C=O) groups excluding carboxylic acids is 2. The summed E-state index contributed by atoms with van der Waals surface area (Å²) in [6.07, 6.45) is 7.30. The van der Waals surface area contributed by atoms with Gasteiger partial charge in [-0.25, -0.2) is 9.78 Å². The van der Waals surface area contributed by atoms with Gasteiger partial charge in [0, 0.05) is 17.6 Å². The number of hydrogen-bond acceptors (Lipinski definition) is 6. The highest BCUT2D eigenvalue weighted by Crippen LogP contribution is 2.36. The standard InChI is InChI=1S/C20H26N4O3S/c21-11-16(23-20(26)27-13-14-7-3-1-4-8-14)18(25)24-19-22-12-17(28-19)15-9-5-2-6-10-15/h1,3-4,7-8,12,15-16H,2,5-6,9-11,13,21H2,(H,23,26)(H,22,24,25)/t16-/m1/s1. The van der Waals surface area contributed by atoms with Crippen molar-refractivity contribution >= 4 is 28.5 Å². The minimum Gasteiger partial charge on any atom is -0.445 e. The lowest BCUT2D eigenvalue weighted by atomic mass is 9.89. The molecule has 1 aromatic carbocycles. The summed E-state index contributed by atoms with van der Waals surface area (Å²) in [5.74, 6) is 0.136.